The molecule has 5 N–H and O–H groups in total. The van der Waals surface area contributed by atoms with E-state index in [1.165, 1.54) is 0 Å². The SMILES string of the molecule is CCNC(=O)CNC(=O)CNC(=O)C(Cc1ccc2ccccc2c1)NC(=O)CNC. The average Bonchev–Trinajstić information content (AvgIpc) is 2.76. The molecule has 4 amide bonds. The molecule has 9 nitrogen and oxygen atoms in total. The molecule has 31 heavy (non-hydrogen) atoms. The van der Waals surface area contributed by atoms with Crippen LogP contribution in [0.15, 0.2) is 42.5 Å². The summed E-state index contributed by atoms with van der Waals surface area (Å²) in [7, 11) is 1.64. The molecule has 2 aromatic rings. The quantitative estimate of drug-likeness (QED) is 0.329. The standard InChI is InChI=1S/C22H29N5O4/c1-3-24-19(28)13-25-20(29)14-26-22(31)18(27-21(30)12-23-2)11-15-8-9-16-6-4-5-7-17(16)10-15/h4-10,18,23H,3,11-14H2,1-2H3,(H,24,28)(H,25,29)(H,26,31)(H,27,30). The predicted octanol–water partition coefficient (Wildman–Crippen LogP) is -0.545. The summed E-state index contributed by atoms with van der Waals surface area (Å²) in [6.07, 6.45) is 0.270. The second kappa shape index (κ2) is 12.3. The van der Waals surface area contributed by atoms with Crippen LogP contribution in [0.2, 0.25) is 0 Å². The third-order valence-electron chi connectivity index (χ3n) is 4.49. The lowest BCUT2D eigenvalue weighted by atomic mass is 10.0. The first-order valence-electron chi connectivity index (χ1n) is 10.2. The van der Waals surface area contributed by atoms with Gasteiger partial charge in [0.1, 0.15) is 6.04 Å². The highest BCUT2D eigenvalue weighted by Gasteiger charge is 2.22. The number of rotatable bonds is 11. The minimum Gasteiger partial charge on any atom is -0.355 e. The number of hydrogen-bond donors (Lipinski definition) is 5. The molecule has 1 unspecified atom stereocenters. The molecule has 1 atom stereocenters. The fourth-order valence-corrected chi connectivity index (χ4v) is 3.01. The Morgan fingerprint density at radius 1 is 0.806 bits per heavy atom. The van der Waals surface area contributed by atoms with Crippen LogP contribution in [0.25, 0.3) is 10.8 Å². The number of hydrogen-bond acceptors (Lipinski definition) is 5. The third kappa shape index (κ3) is 8.06. The topological polar surface area (TPSA) is 128 Å². The van der Waals surface area contributed by atoms with Crippen LogP contribution in [0.1, 0.15) is 12.5 Å². The second-order valence-electron chi connectivity index (χ2n) is 6.98. The van der Waals surface area contributed by atoms with Crippen LogP contribution in [0.3, 0.4) is 0 Å². The van der Waals surface area contributed by atoms with E-state index in [1.54, 1.807) is 14.0 Å². The van der Waals surface area contributed by atoms with Gasteiger partial charge in [0.25, 0.3) is 0 Å². The highest BCUT2D eigenvalue weighted by Crippen LogP contribution is 2.16. The smallest absolute Gasteiger partial charge is 0.243 e. The van der Waals surface area contributed by atoms with Crippen molar-refractivity contribution in [3.63, 3.8) is 0 Å². The molecule has 0 aliphatic rings. The average molecular weight is 428 g/mol. The molecule has 166 valence electrons. The highest BCUT2D eigenvalue weighted by molar-refractivity contribution is 5.92. The van der Waals surface area contributed by atoms with Crippen LogP contribution < -0.4 is 26.6 Å². The van der Waals surface area contributed by atoms with Crippen LogP contribution in [-0.2, 0) is 25.6 Å². The van der Waals surface area contributed by atoms with Crippen molar-refractivity contribution in [2.75, 3.05) is 33.2 Å². The second-order valence-corrected chi connectivity index (χ2v) is 6.98. The number of benzene rings is 2. The summed E-state index contributed by atoms with van der Waals surface area (Å²) in [4.78, 5) is 48.1. The number of carbonyl (C=O) groups is 4. The van der Waals surface area contributed by atoms with Gasteiger partial charge in [0, 0.05) is 13.0 Å². The number of likely N-dealkylation sites (N-methyl/N-ethyl adjacent to an activating group) is 2. The van der Waals surface area contributed by atoms with Crippen LogP contribution in [-0.4, -0.2) is 62.9 Å². The van der Waals surface area contributed by atoms with Crippen LogP contribution in [0, 0.1) is 0 Å². The first kappa shape index (κ1) is 23.8. The molecule has 0 saturated carbocycles. The molecule has 0 aromatic heterocycles. The van der Waals surface area contributed by atoms with E-state index in [0.29, 0.717) is 6.54 Å². The molecule has 0 fully saturated rings. The monoisotopic (exact) mass is 427 g/mol. The summed E-state index contributed by atoms with van der Waals surface area (Å²) in [6.45, 7) is 1.84. The van der Waals surface area contributed by atoms with E-state index in [4.69, 9.17) is 0 Å². The lowest BCUT2D eigenvalue weighted by molar-refractivity contribution is -0.130. The van der Waals surface area contributed by atoms with E-state index in [1.807, 2.05) is 42.5 Å². The van der Waals surface area contributed by atoms with E-state index < -0.39 is 17.9 Å². The molecule has 0 heterocycles. The van der Waals surface area contributed by atoms with Gasteiger partial charge in [0.05, 0.1) is 19.6 Å². The summed E-state index contributed by atoms with van der Waals surface area (Å²) in [5, 5.41) is 15.1. The minimum atomic E-state index is -0.849. The molecule has 0 saturated heterocycles. The zero-order valence-electron chi connectivity index (χ0n) is 17.8. The molecule has 2 rings (SSSR count). The summed E-state index contributed by atoms with van der Waals surface area (Å²) >= 11 is 0. The number of carbonyl (C=O) groups excluding carboxylic acids is 4. The van der Waals surface area contributed by atoms with E-state index >= 15 is 0 Å². The van der Waals surface area contributed by atoms with Crippen molar-refractivity contribution in [3.8, 4) is 0 Å². The first-order valence-corrected chi connectivity index (χ1v) is 10.2. The third-order valence-corrected chi connectivity index (χ3v) is 4.49. The zero-order valence-corrected chi connectivity index (χ0v) is 17.8. The van der Waals surface area contributed by atoms with Gasteiger partial charge in [-0.25, -0.2) is 0 Å². The van der Waals surface area contributed by atoms with Gasteiger partial charge in [-0.15, -0.1) is 0 Å². The number of fused-ring (bicyclic) bond motifs is 1. The van der Waals surface area contributed by atoms with E-state index in [2.05, 4.69) is 26.6 Å². The molecule has 0 bridgehead atoms. The Morgan fingerprint density at radius 2 is 1.48 bits per heavy atom. The lowest BCUT2D eigenvalue weighted by Gasteiger charge is -2.19. The van der Waals surface area contributed by atoms with Crippen molar-refractivity contribution >= 4 is 34.4 Å². The fraction of sp³-hybridized carbons (Fsp3) is 0.364. The van der Waals surface area contributed by atoms with E-state index in [-0.39, 0.29) is 37.9 Å². The van der Waals surface area contributed by atoms with Gasteiger partial charge in [-0.3, -0.25) is 19.2 Å². The van der Waals surface area contributed by atoms with Crippen molar-refractivity contribution in [1.29, 1.82) is 0 Å². The van der Waals surface area contributed by atoms with Gasteiger partial charge in [-0.2, -0.15) is 0 Å². The van der Waals surface area contributed by atoms with Gasteiger partial charge in [-0.05, 0) is 30.3 Å². The van der Waals surface area contributed by atoms with Crippen molar-refractivity contribution in [3.05, 3.63) is 48.0 Å². The Bertz CT molecular complexity index is 931. The normalized spacial score (nSPS) is 11.4. The lowest BCUT2D eigenvalue weighted by Crippen LogP contribution is -2.51. The Kier molecular flexibility index (Phi) is 9.44. The summed E-state index contributed by atoms with van der Waals surface area (Å²) in [5.41, 5.74) is 0.879. The fourth-order valence-electron chi connectivity index (χ4n) is 3.01. The Hall–Kier alpha value is -3.46. The molecule has 9 heteroatoms. The van der Waals surface area contributed by atoms with Crippen molar-refractivity contribution in [2.24, 2.45) is 0 Å². The maximum Gasteiger partial charge on any atom is 0.243 e. The maximum atomic E-state index is 12.7. The first-order chi connectivity index (χ1) is 14.9. The van der Waals surface area contributed by atoms with Gasteiger partial charge in [0.2, 0.25) is 23.6 Å². The minimum absolute atomic E-state index is 0.0640. The van der Waals surface area contributed by atoms with Crippen LogP contribution in [0.4, 0.5) is 0 Å². The Morgan fingerprint density at radius 3 is 2.19 bits per heavy atom. The van der Waals surface area contributed by atoms with E-state index in [9.17, 15) is 19.2 Å². The predicted molar refractivity (Wildman–Crippen MR) is 118 cm³/mol. The van der Waals surface area contributed by atoms with Gasteiger partial charge in [-0.1, -0.05) is 42.5 Å². The van der Waals surface area contributed by atoms with Gasteiger partial charge >= 0.3 is 0 Å². The molecule has 0 aliphatic heterocycles. The largest absolute Gasteiger partial charge is 0.355 e. The Balaban J connectivity index is 2.00. The Labute approximate surface area is 181 Å². The number of amides is 4. The summed E-state index contributed by atoms with van der Waals surface area (Å²) in [5.74, 6) is -1.61. The van der Waals surface area contributed by atoms with Gasteiger partial charge in [0.15, 0.2) is 0 Å². The van der Waals surface area contributed by atoms with Crippen LogP contribution >= 0.6 is 0 Å². The molecule has 2 aromatic carbocycles. The number of nitrogens with one attached hydrogen (secondary N) is 5. The summed E-state index contributed by atoms with van der Waals surface area (Å²) < 4.78 is 0. The molecular formula is C22H29N5O4. The molecule has 0 spiro atoms. The van der Waals surface area contributed by atoms with Crippen LogP contribution in [0.5, 0.6) is 0 Å². The molecule has 0 aliphatic carbocycles. The van der Waals surface area contributed by atoms with Gasteiger partial charge < -0.3 is 26.6 Å². The zero-order chi connectivity index (χ0) is 22.6. The van der Waals surface area contributed by atoms with Crippen molar-refractivity contribution in [2.45, 2.75) is 19.4 Å². The summed E-state index contributed by atoms with van der Waals surface area (Å²) in [6, 6.07) is 12.9. The maximum absolute atomic E-state index is 12.7. The van der Waals surface area contributed by atoms with Crippen molar-refractivity contribution in [1.82, 2.24) is 26.6 Å². The molecular weight excluding hydrogens is 398 g/mol. The van der Waals surface area contributed by atoms with Crippen molar-refractivity contribution < 1.29 is 19.2 Å². The molecule has 0 radical (unpaired) electrons. The highest BCUT2D eigenvalue weighted by atomic mass is 16.2. The van der Waals surface area contributed by atoms with E-state index in [0.717, 1.165) is 16.3 Å².